The summed E-state index contributed by atoms with van der Waals surface area (Å²) in [5.41, 5.74) is -0.0723. The van der Waals surface area contributed by atoms with Gasteiger partial charge >= 0.3 is 17.9 Å². The molecule has 0 saturated heterocycles. The Labute approximate surface area is 200 Å². The van der Waals surface area contributed by atoms with Gasteiger partial charge in [-0.3, -0.25) is 25.0 Å². The summed E-state index contributed by atoms with van der Waals surface area (Å²) >= 11 is 0. The molecule has 1 atom stereocenters. The highest BCUT2D eigenvalue weighted by atomic mass is 16.6. The van der Waals surface area contributed by atoms with Crippen LogP contribution in [0.25, 0.3) is 0 Å². The molecule has 2 aromatic carbocycles. The molecule has 0 radical (unpaired) electrons. The fraction of sp³-hybridized carbons (Fsp3) is 0.348. The van der Waals surface area contributed by atoms with Crippen LogP contribution in [0.15, 0.2) is 48.5 Å². The van der Waals surface area contributed by atoms with Crippen molar-refractivity contribution in [2.24, 2.45) is 0 Å². The lowest BCUT2D eigenvalue weighted by molar-refractivity contribution is -0.385. The molecule has 12 nitrogen and oxygen atoms in total. The average Bonchev–Trinajstić information content (AvgIpc) is 2.86. The maximum Gasteiger partial charge on any atom is 0.338 e. The maximum atomic E-state index is 12.5. The van der Waals surface area contributed by atoms with Crippen molar-refractivity contribution in [3.8, 4) is 0 Å². The van der Waals surface area contributed by atoms with Gasteiger partial charge in [0.25, 0.3) is 11.4 Å². The number of benzene rings is 2. The van der Waals surface area contributed by atoms with Crippen LogP contribution in [0.1, 0.15) is 52.8 Å². The van der Waals surface area contributed by atoms with Gasteiger partial charge in [0.15, 0.2) is 0 Å². The Morgan fingerprint density at radius 1 is 0.800 bits per heavy atom. The second-order valence-electron chi connectivity index (χ2n) is 7.38. The molecule has 0 N–H and O–H groups in total. The quantitative estimate of drug-likeness (QED) is 0.132. The van der Waals surface area contributed by atoms with Gasteiger partial charge in [0.1, 0.15) is 6.10 Å². The van der Waals surface area contributed by atoms with E-state index >= 15 is 0 Å². The number of nitro groups is 2. The molecule has 0 aliphatic heterocycles. The standard InChI is InChI=1S/C23H24N2O10/c1-33-21(26)5-3-2-4-20(35-23(28)17-8-12-19(13-9-17)25(31)32)14-15-34-22(27)16-6-10-18(11-7-16)24(29)30/h6-13,20H,2-5,14-15H2,1H3/t20-/m0/s1. The van der Waals surface area contributed by atoms with E-state index in [1.54, 1.807) is 0 Å². The molecule has 0 heterocycles. The summed E-state index contributed by atoms with van der Waals surface area (Å²) in [7, 11) is 1.29. The summed E-state index contributed by atoms with van der Waals surface area (Å²) in [5, 5.41) is 21.5. The minimum Gasteiger partial charge on any atom is -0.469 e. The highest BCUT2D eigenvalue weighted by molar-refractivity contribution is 5.90. The van der Waals surface area contributed by atoms with Crippen molar-refractivity contribution in [2.75, 3.05) is 13.7 Å². The summed E-state index contributed by atoms with van der Waals surface area (Å²) in [6.07, 6.45) is 1.12. The number of non-ortho nitro benzene ring substituents is 2. The third-order valence-corrected chi connectivity index (χ3v) is 4.96. The zero-order chi connectivity index (χ0) is 25.8. The first kappa shape index (κ1) is 26.9. The first-order valence-electron chi connectivity index (χ1n) is 10.6. The molecule has 0 aromatic heterocycles. The van der Waals surface area contributed by atoms with Crippen LogP contribution in [0, 0.1) is 20.2 Å². The van der Waals surface area contributed by atoms with Crippen LogP contribution in [0.4, 0.5) is 11.4 Å². The normalized spacial score (nSPS) is 11.2. The number of nitrogens with zero attached hydrogens (tertiary/aromatic N) is 2. The molecular weight excluding hydrogens is 464 g/mol. The van der Waals surface area contributed by atoms with Crippen molar-refractivity contribution in [2.45, 2.75) is 38.2 Å². The van der Waals surface area contributed by atoms with E-state index < -0.39 is 27.9 Å². The Morgan fingerprint density at radius 2 is 1.31 bits per heavy atom. The molecule has 0 saturated carbocycles. The Kier molecular flexibility index (Phi) is 10.3. The third kappa shape index (κ3) is 8.84. The van der Waals surface area contributed by atoms with E-state index in [2.05, 4.69) is 4.74 Å². The van der Waals surface area contributed by atoms with Crippen molar-refractivity contribution < 1.29 is 38.4 Å². The molecule has 0 unspecified atom stereocenters. The number of hydrogen-bond donors (Lipinski definition) is 0. The predicted octanol–water partition coefficient (Wildman–Crippen LogP) is 4.01. The second-order valence-corrected chi connectivity index (χ2v) is 7.38. The lowest BCUT2D eigenvalue weighted by Crippen LogP contribution is -2.21. The molecule has 0 fully saturated rings. The number of nitro benzene ring substituents is 2. The van der Waals surface area contributed by atoms with E-state index in [9.17, 15) is 34.6 Å². The highest BCUT2D eigenvalue weighted by Gasteiger charge is 2.19. The Balaban J connectivity index is 1.95. The van der Waals surface area contributed by atoms with Crippen molar-refractivity contribution in [1.29, 1.82) is 0 Å². The summed E-state index contributed by atoms with van der Waals surface area (Å²) in [4.78, 5) is 56.3. The summed E-state index contributed by atoms with van der Waals surface area (Å²) in [5.74, 6) is -1.74. The Bertz CT molecular complexity index is 1050. The molecule has 0 aliphatic rings. The maximum absolute atomic E-state index is 12.5. The van der Waals surface area contributed by atoms with Gasteiger partial charge in [-0.05, 0) is 43.5 Å². The van der Waals surface area contributed by atoms with Crippen molar-refractivity contribution >= 4 is 29.3 Å². The fourth-order valence-electron chi connectivity index (χ4n) is 3.03. The number of ether oxygens (including phenoxy) is 3. The fourth-order valence-corrected chi connectivity index (χ4v) is 3.03. The van der Waals surface area contributed by atoms with E-state index in [0.717, 1.165) is 0 Å². The number of unbranched alkanes of at least 4 members (excludes halogenated alkanes) is 1. The van der Waals surface area contributed by atoms with Crippen LogP contribution in [0.2, 0.25) is 0 Å². The van der Waals surface area contributed by atoms with Gasteiger partial charge < -0.3 is 14.2 Å². The molecular formula is C23H24N2O10. The van der Waals surface area contributed by atoms with E-state index in [-0.39, 0.29) is 47.9 Å². The van der Waals surface area contributed by atoms with E-state index in [1.807, 2.05) is 0 Å². The van der Waals surface area contributed by atoms with E-state index in [1.165, 1.54) is 55.6 Å². The molecule has 186 valence electrons. The topological polar surface area (TPSA) is 165 Å². The molecule has 12 heteroatoms. The van der Waals surface area contributed by atoms with Crippen LogP contribution in [-0.4, -0.2) is 47.6 Å². The molecule has 0 aliphatic carbocycles. The molecule has 2 rings (SSSR count). The highest BCUT2D eigenvalue weighted by Crippen LogP contribution is 2.18. The van der Waals surface area contributed by atoms with Crippen LogP contribution < -0.4 is 0 Å². The van der Waals surface area contributed by atoms with Gasteiger partial charge in [-0.1, -0.05) is 0 Å². The number of carbonyl (C=O) groups excluding carboxylic acids is 3. The number of carbonyl (C=O) groups is 3. The number of rotatable bonds is 13. The lowest BCUT2D eigenvalue weighted by atomic mass is 10.1. The number of esters is 3. The van der Waals surface area contributed by atoms with Gasteiger partial charge in [-0.25, -0.2) is 9.59 Å². The average molecular weight is 488 g/mol. The van der Waals surface area contributed by atoms with Crippen LogP contribution in [0.3, 0.4) is 0 Å². The third-order valence-electron chi connectivity index (χ3n) is 4.96. The summed E-state index contributed by atoms with van der Waals surface area (Å²) < 4.78 is 15.3. The zero-order valence-electron chi connectivity index (χ0n) is 18.9. The molecule has 0 bridgehead atoms. The summed E-state index contributed by atoms with van der Waals surface area (Å²) in [6, 6.07) is 9.87. The lowest BCUT2D eigenvalue weighted by Gasteiger charge is -2.18. The van der Waals surface area contributed by atoms with Crippen molar-refractivity contribution in [3.63, 3.8) is 0 Å². The van der Waals surface area contributed by atoms with Crippen LogP contribution in [-0.2, 0) is 19.0 Å². The monoisotopic (exact) mass is 488 g/mol. The van der Waals surface area contributed by atoms with Gasteiger partial charge in [0.2, 0.25) is 0 Å². The van der Waals surface area contributed by atoms with Crippen LogP contribution >= 0.6 is 0 Å². The number of hydrogen-bond acceptors (Lipinski definition) is 10. The number of methoxy groups -OCH3 is 1. The molecule has 0 amide bonds. The Morgan fingerprint density at radius 3 is 1.80 bits per heavy atom. The summed E-state index contributed by atoms with van der Waals surface area (Å²) in [6.45, 7) is -0.0922. The zero-order valence-corrected chi connectivity index (χ0v) is 18.9. The minimum atomic E-state index is -0.695. The first-order chi connectivity index (χ1) is 16.7. The SMILES string of the molecule is COC(=O)CCCC[C@@H](CCOC(=O)c1ccc([N+](=O)[O-])cc1)OC(=O)c1ccc([N+](=O)[O-])cc1. The Hall–Kier alpha value is -4.35. The molecule has 35 heavy (non-hydrogen) atoms. The van der Waals surface area contributed by atoms with Crippen molar-refractivity contribution in [1.82, 2.24) is 0 Å². The van der Waals surface area contributed by atoms with E-state index in [0.29, 0.717) is 19.3 Å². The van der Waals surface area contributed by atoms with E-state index in [4.69, 9.17) is 9.47 Å². The first-order valence-corrected chi connectivity index (χ1v) is 10.6. The molecule has 0 spiro atoms. The largest absolute Gasteiger partial charge is 0.469 e. The van der Waals surface area contributed by atoms with Gasteiger partial charge in [0, 0.05) is 37.1 Å². The second kappa shape index (κ2) is 13.4. The van der Waals surface area contributed by atoms with Gasteiger partial charge in [-0.15, -0.1) is 0 Å². The predicted molar refractivity (Wildman–Crippen MR) is 121 cm³/mol. The molecule has 2 aromatic rings. The van der Waals surface area contributed by atoms with Gasteiger partial charge in [0.05, 0.1) is 34.7 Å². The van der Waals surface area contributed by atoms with Crippen LogP contribution in [0.5, 0.6) is 0 Å². The minimum absolute atomic E-state index is 0.0922. The smallest absolute Gasteiger partial charge is 0.338 e. The van der Waals surface area contributed by atoms with Gasteiger partial charge in [-0.2, -0.15) is 0 Å². The van der Waals surface area contributed by atoms with Crippen molar-refractivity contribution in [3.05, 3.63) is 79.9 Å².